The minimum atomic E-state index is -0.319. The number of benzene rings is 1. The predicted molar refractivity (Wildman–Crippen MR) is 110 cm³/mol. The third kappa shape index (κ3) is 4.64. The minimum absolute atomic E-state index is 0.319. The summed E-state index contributed by atoms with van der Waals surface area (Å²) in [5.41, 5.74) is 2.77. The van der Waals surface area contributed by atoms with Gasteiger partial charge in [-0.05, 0) is 76.5 Å². The lowest BCUT2D eigenvalue weighted by Gasteiger charge is -2.32. The van der Waals surface area contributed by atoms with Crippen molar-refractivity contribution >= 4 is 12.6 Å². The van der Waals surface area contributed by atoms with Crippen LogP contribution in [-0.4, -0.2) is 24.9 Å². The molecule has 4 heteroatoms. The van der Waals surface area contributed by atoms with Gasteiger partial charge in [-0.15, -0.1) is 0 Å². The van der Waals surface area contributed by atoms with Crippen molar-refractivity contribution in [2.45, 2.75) is 92.3 Å². The summed E-state index contributed by atoms with van der Waals surface area (Å²) < 4.78 is 18.6. The van der Waals surface area contributed by atoms with Crippen LogP contribution < -0.4 is 10.2 Å². The first-order chi connectivity index (χ1) is 12.1. The van der Waals surface area contributed by atoms with Gasteiger partial charge in [0.15, 0.2) is 0 Å². The Balaban J connectivity index is 2.11. The summed E-state index contributed by atoms with van der Waals surface area (Å²) >= 11 is 0. The van der Waals surface area contributed by atoms with E-state index in [0.29, 0.717) is 5.92 Å². The van der Waals surface area contributed by atoms with Crippen molar-refractivity contribution in [3.8, 4) is 5.75 Å². The second-order valence-corrected chi connectivity index (χ2v) is 8.79. The Morgan fingerprint density at radius 1 is 1.00 bits per heavy atom. The van der Waals surface area contributed by atoms with E-state index in [9.17, 15) is 0 Å². The third-order valence-corrected chi connectivity index (χ3v) is 6.09. The van der Waals surface area contributed by atoms with E-state index >= 15 is 0 Å². The van der Waals surface area contributed by atoms with Gasteiger partial charge in [0.1, 0.15) is 5.75 Å². The zero-order chi connectivity index (χ0) is 19.5. The maximum Gasteiger partial charge on any atom is 0.495 e. The Hall–Kier alpha value is -0.995. The predicted octanol–water partition coefficient (Wildman–Crippen LogP) is 5.20. The number of ether oxygens (including phenoxy) is 1. The molecule has 1 heterocycles. The Labute approximate surface area is 160 Å². The van der Waals surface area contributed by atoms with E-state index in [1.54, 1.807) is 0 Å². The van der Waals surface area contributed by atoms with Crippen LogP contribution in [0.15, 0.2) is 12.1 Å². The van der Waals surface area contributed by atoms with Gasteiger partial charge in [-0.25, -0.2) is 0 Å². The smallest absolute Gasteiger partial charge is 0.493 e. The monoisotopic (exact) mass is 360 g/mol. The molecule has 1 aromatic rings. The highest BCUT2D eigenvalue weighted by Crippen LogP contribution is 2.37. The molecule has 1 unspecified atom stereocenters. The van der Waals surface area contributed by atoms with E-state index < -0.39 is 0 Å². The average Bonchev–Trinajstić information content (AvgIpc) is 2.78. The lowest BCUT2D eigenvalue weighted by Crippen LogP contribution is -2.41. The van der Waals surface area contributed by atoms with E-state index in [2.05, 4.69) is 67.5 Å². The first kappa shape index (κ1) is 21.3. The summed E-state index contributed by atoms with van der Waals surface area (Å²) in [6.45, 7) is 17.9. The van der Waals surface area contributed by atoms with E-state index in [-0.39, 0.29) is 18.3 Å². The Morgan fingerprint density at radius 3 is 2.15 bits per heavy atom. The molecule has 0 N–H and O–H groups in total. The molecule has 1 aromatic carbocycles. The van der Waals surface area contributed by atoms with Gasteiger partial charge < -0.3 is 14.0 Å². The fourth-order valence-electron chi connectivity index (χ4n) is 3.30. The highest BCUT2D eigenvalue weighted by atomic mass is 16.7. The summed E-state index contributed by atoms with van der Waals surface area (Å²) in [4.78, 5) is 0. The molecule has 2 rings (SSSR count). The lowest BCUT2D eigenvalue weighted by atomic mass is 9.75. The summed E-state index contributed by atoms with van der Waals surface area (Å²) in [7, 11) is -0.319. The van der Waals surface area contributed by atoms with E-state index in [4.69, 9.17) is 14.0 Å². The molecule has 0 radical (unpaired) electrons. The molecule has 0 aromatic heterocycles. The number of hydrogen-bond acceptors (Lipinski definition) is 3. The Bertz CT molecular complexity index is 594. The van der Waals surface area contributed by atoms with E-state index in [0.717, 1.165) is 28.9 Å². The topological polar surface area (TPSA) is 27.7 Å². The molecule has 1 fully saturated rings. The van der Waals surface area contributed by atoms with Gasteiger partial charge in [0.25, 0.3) is 0 Å². The number of aryl methyl sites for hydroxylation is 2. The Morgan fingerprint density at radius 2 is 1.62 bits per heavy atom. The fourth-order valence-corrected chi connectivity index (χ4v) is 3.30. The second-order valence-electron chi connectivity index (χ2n) is 8.79. The highest BCUT2D eigenvalue weighted by molar-refractivity contribution is 6.62. The SMILES string of the molecule is CCCCC(CC)COc1cc(C)c(B2OC(C)(C)C(C)(C)O2)cc1C. The van der Waals surface area contributed by atoms with Crippen LogP contribution in [0, 0.1) is 19.8 Å². The van der Waals surface area contributed by atoms with Gasteiger partial charge in [0.2, 0.25) is 0 Å². The molecule has 146 valence electrons. The molecule has 0 bridgehead atoms. The summed E-state index contributed by atoms with van der Waals surface area (Å²) in [5.74, 6) is 1.62. The molecular formula is C22H37BO3. The van der Waals surface area contributed by atoms with Crippen LogP contribution in [0.4, 0.5) is 0 Å². The van der Waals surface area contributed by atoms with Crippen LogP contribution in [-0.2, 0) is 9.31 Å². The molecule has 26 heavy (non-hydrogen) atoms. The van der Waals surface area contributed by atoms with Gasteiger partial charge in [-0.3, -0.25) is 0 Å². The van der Waals surface area contributed by atoms with E-state index in [1.165, 1.54) is 25.7 Å². The van der Waals surface area contributed by atoms with Crippen LogP contribution >= 0.6 is 0 Å². The largest absolute Gasteiger partial charge is 0.495 e. The summed E-state index contributed by atoms with van der Waals surface area (Å²) in [5, 5.41) is 0. The molecule has 1 saturated heterocycles. The molecule has 1 aliphatic rings. The number of rotatable bonds is 8. The zero-order valence-corrected chi connectivity index (χ0v) is 18.1. The molecule has 1 aliphatic heterocycles. The summed E-state index contributed by atoms with van der Waals surface area (Å²) in [6, 6.07) is 4.31. The van der Waals surface area contributed by atoms with Crippen molar-refractivity contribution in [2.24, 2.45) is 5.92 Å². The van der Waals surface area contributed by atoms with Crippen LogP contribution in [0.1, 0.15) is 78.4 Å². The number of hydrogen-bond donors (Lipinski definition) is 0. The fraction of sp³-hybridized carbons (Fsp3) is 0.727. The van der Waals surface area contributed by atoms with Crippen LogP contribution in [0.2, 0.25) is 0 Å². The number of unbranched alkanes of at least 4 members (excludes halogenated alkanes) is 1. The van der Waals surface area contributed by atoms with Crippen molar-refractivity contribution < 1.29 is 14.0 Å². The highest BCUT2D eigenvalue weighted by Gasteiger charge is 2.52. The van der Waals surface area contributed by atoms with Gasteiger partial charge in [-0.2, -0.15) is 0 Å². The zero-order valence-electron chi connectivity index (χ0n) is 18.1. The molecule has 1 atom stereocenters. The second kappa shape index (κ2) is 8.35. The van der Waals surface area contributed by atoms with Crippen molar-refractivity contribution in [3.63, 3.8) is 0 Å². The van der Waals surface area contributed by atoms with Crippen molar-refractivity contribution in [1.82, 2.24) is 0 Å². The lowest BCUT2D eigenvalue weighted by molar-refractivity contribution is 0.00578. The molecule has 0 spiro atoms. The van der Waals surface area contributed by atoms with Gasteiger partial charge in [0.05, 0.1) is 17.8 Å². The van der Waals surface area contributed by atoms with Crippen molar-refractivity contribution in [2.75, 3.05) is 6.61 Å². The van der Waals surface area contributed by atoms with Gasteiger partial charge in [0, 0.05) is 0 Å². The van der Waals surface area contributed by atoms with Crippen molar-refractivity contribution in [3.05, 3.63) is 23.3 Å². The van der Waals surface area contributed by atoms with Crippen LogP contribution in [0.5, 0.6) is 5.75 Å². The summed E-state index contributed by atoms with van der Waals surface area (Å²) in [6.07, 6.45) is 4.94. The molecule has 0 saturated carbocycles. The minimum Gasteiger partial charge on any atom is -0.493 e. The quantitative estimate of drug-likeness (QED) is 0.597. The molecule has 0 amide bonds. The van der Waals surface area contributed by atoms with E-state index in [1.807, 2.05) is 0 Å². The maximum atomic E-state index is 6.22. The van der Waals surface area contributed by atoms with Crippen LogP contribution in [0.3, 0.4) is 0 Å². The first-order valence-corrected chi connectivity index (χ1v) is 10.2. The van der Waals surface area contributed by atoms with Crippen molar-refractivity contribution in [1.29, 1.82) is 0 Å². The molecule has 0 aliphatic carbocycles. The normalized spacial score (nSPS) is 19.6. The maximum absolute atomic E-state index is 6.22. The third-order valence-electron chi connectivity index (χ3n) is 6.09. The first-order valence-electron chi connectivity index (χ1n) is 10.2. The molecule has 3 nitrogen and oxygen atoms in total. The van der Waals surface area contributed by atoms with Crippen LogP contribution in [0.25, 0.3) is 0 Å². The molecular weight excluding hydrogens is 323 g/mol. The Kier molecular flexibility index (Phi) is 6.84. The average molecular weight is 360 g/mol. The van der Waals surface area contributed by atoms with Gasteiger partial charge >= 0.3 is 7.12 Å². The standard InChI is InChI=1S/C22H37BO3/c1-9-11-12-18(10-2)15-24-20-14-16(3)19(13-17(20)4)23-25-21(5,6)22(7,8)26-23/h13-14,18H,9-12,15H2,1-8H3. The van der Waals surface area contributed by atoms with Gasteiger partial charge in [-0.1, -0.05) is 39.2 Å².